The van der Waals surface area contributed by atoms with Crippen molar-refractivity contribution in [1.82, 2.24) is 0 Å². The molecular weight excluding hydrogens is 253 g/mol. The predicted molar refractivity (Wildman–Crippen MR) is 56.9 cm³/mol. The number of hydrogen-bond donors (Lipinski definition) is 1. The first kappa shape index (κ1) is 13.4. The van der Waals surface area contributed by atoms with Crippen LogP contribution in [0.25, 0.3) is 0 Å². The van der Waals surface area contributed by atoms with Gasteiger partial charge in [0.25, 0.3) is 0 Å². The topological polar surface area (TPSA) is 52.3 Å². The molecule has 0 saturated heterocycles. The standard InChI is InChI=1S/C9H15BrFNO2/c1-9(2,3)7(14-8(12)13)4-6(11)5-10/h4,7H,5H2,1-3H3,(H2,12,13)/b6-4+. The minimum Gasteiger partial charge on any atom is -0.441 e. The summed E-state index contributed by atoms with van der Waals surface area (Å²) in [6.07, 6.45) is -0.305. The number of halogens is 2. The molecule has 1 amide bonds. The second-order valence-electron chi connectivity index (χ2n) is 3.97. The lowest BCUT2D eigenvalue weighted by atomic mass is 9.88. The van der Waals surface area contributed by atoms with E-state index in [1.165, 1.54) is 6.08 Å². The quantitative estimate of drug-likeness (QED) is 0.800. The van der Waals surface area contributed by atoms with E-state index in [1.807, 2.05) is 20.8 Å². The van der Waals surface area contributed by atoms with Gasteiger partial charge in [0.15, 0.2) is 0 Å². The molecule has 0 spiro atoms. The third-order valence-electron chi connectivity index (χ3n) is 1.56. The fourth-order valence-electron chi connectivity index (χ4n) is 0.795. The maximum Gasteiger partial charge on any atom is 0.405 e. The van der Waals surface area contributed by atoms with E-state index in [1.54, 1.807) is 0 Å². The van der Waals surface area contributed by atoms with E-state index in [0.29, 0.717) is 0 Å². The van der Waals surface area contributed by atoms with Crippen LogP contribution in [0.1, 0.15) is 20.8 Å². The Bertz CT molecular complexity index is 235. The van der Waals surface area contributed by atoms with Gasteiger partial charge in [0.1, 0.15) is 11.9 Å². The first-order valence-electron chi connectivity index (χ1n) is 4.15. The maximum absolute atomic E-state index is 12.9. The minimum atomic E-state index is -0.899. The Balaban J connectivity index is 4.65. The van der Waals surface area contributed by atoms with Crippen LogP contribution < -0.4 is 5.73 Å². The van der Waals surface area contributed by atoms with E-state index < -0.39 is 12.2 Å². The molecule has 0 aromatic heterocycles. The fraction of sp³-hybridized carbons (Fsp3) is 0.667. The van der Waals surface area contributed by atoms with E-state index in [-0.39, 0.29) is 16.6 Å². The second-order valence-corrected chi connectivity index (χ2v) is 4.53. The molecule has 0 bridgehead atoms. The molecule has 0 aromatic rings. The van der Waals surface area contributed by atoms with Gasteiger partial charge in [-0.15, -0.1) is 0 Å². The Morgan fingerprint density at radius 3 is 2.43 bits per heavy atom. The van der Waals surface area contributed by atoms with Gasteiger partial charge >= 0.3 is 6.09 Å². The molecule has 14 heavy (non-hydrogen) atoms. The van der Waals surface area contributed by atoms with Crippen molar-refractivity contribution in [2.75, 3.05) is 5.33 Å². The van der Waals surface area contributed by atoms with Crippen LogP contribution in [-0.4, -0.2) is 17.5 Å². The van der Waals surface area contributed by atoms with Crippen molar-refractivity contribution in [3.8, 4) is 0 Å². The van der Waals surface area contributed by atoms with E-state index >= 15 is 0 Å². The number of carbonyl (C=O) groups excluding carboxylic acids is 1. The summed E-state index contributed by atoms with van der Waals surface area (Å²) in [4.78, 5) is 10.6. The molecule has 0 fully saturated rings. The van der Waals surface area contributed by atoms with Gasteiger partial charge < -0.3 is 10.5 Å². The zero-order valence-electron chi connectivity index (χ0n) is 8.51. The van der Waals surface area contributed by atoms with Crippen molar-refractivity contribution in [2.45, 2.75) is 26.9 Å². The SMILES string of the molecule is CC(C)(C)C(/C=C(/F)CBr)OC(N)=O. The molecule has 82 valence electrons. The molecule has 0 rings (SSSR count). The van der Waals surface area contributed by atoms with Crippen LogP contribution in [0.3, 0.4) is 0 Å². The van der Waals surface area contributed by atoms with E-state index in [2.05, 4.69) is 15.9 Å². The van der Waals surface area contributed by atoms with Crippen molar-refractivity contribution < 1.29 is 13.9 Å². The van der Waals surface area contributed by atoms with Crippen molar-refractivity contribution >= 4 is 22.0 Å². The smallest absolute Gasteiger partial charge is 0.405 e. The van der Waals surface area contributed by atoms with Gasteiger partial charge in [0, 0.05) is 5.41 Å². The maximum atomic E-state index is 12.9. The van der Waals surface area contributed by atoms with Gasteiger partial charge in [0.05, 0.1) is 5.33 Å². The molecule has 0 aromatic carbocycles. The van der Waals surface area contributed by atoms with Crippen LogP contribution in [0.15, 0.2) is 11.9 Å². The molecule has 0 aliphatic carbocycles. The Morgan fingerprint density at radius 2 is 2.14 bits per heavy atom. The molecular formula is C9H15BrFNO2. The number of nitrogens with two attached hydrogens (primary N) is 1. The summed E-state index contributed by atoms with van der Waals surface area (Å²) >= 11 is 2.96. The molecule has 1 atom stereocenters. The molecule has 0 aliphatic rings. The Kier molecular flexibility index (Phi) is 5.12. The molecule has 2 N–H and O–H groups in total. The summed E-state index contributed by atoms with van der Waals surface area (Å²) in [5, 5.41) is 0.0989. The first-order valence-corrected chi connectivity index (χ1v) is 5.27. The van der Waals surface area contributed by atoms with Crippen LogP contribution in [0.5, 0.6) is 0 Å². The molecule has 0 radical (unpaired) electrons. The zero-order valence-corrected chi connectivity index (χ0v) is 10.1. The van der Waals surface area contributed by atoms with Crippen molar-refractivity contribution in [3.63, 3.8) is 0 Å². The summed E-state index contributed by atoms with van der Waals surface area (Å²) in [6.45, 7) is 5.50. The Morgan fingerprint density at radius 1 is 1.64 bits per heavy atom. The highest BCUT2D eigenvalue weighted by Crippen LogP contribution is 2.24. The van der Waals surface area contributed by atoms with Gasteiger partial charge in [-0.2, -0.15) is 0 Å². The lowest BCUT2D eigenvalue weighted by Crippen LogP contribution is -2.32. The third-order valence-corrected chi connectivity index (χ3v) is 2.09. The molecule has 0 heterocycles. The number of allylic oxidation sites excluding steroid dienone is 1. The van der Waals surface area contributed by atoms with Crippen LogP contribution in [-0.2, 0) is 4.74 Å². The average molecular weight is 268 g/mol. The number of rotatable bonds is 3. The van der Waals surface area contributed by atoms with Crippen molar-refractivity contribution in [1.29, 1.82) is 0 Å². The van der Waals surface area contributed by atoms with Gasteiger partial charge in [-0.1, -0.05) is 36.7 Å². The number of alkyl halides is 1. The fourth-order valence-corrected chi connectivity index (χ4v) is 0.982. The van der Waals surface area contributed by atoms with Gasteiger partial charge in [-0.25, -0.2) is 9.18 Å². The summed E-state index contributed by atoms with van der Waals surface area (Å²) in [5.74, 6) is -0.383. The number of ether oxygens (including phenoxy) is 1. The lowest BCUT2D eigenvalue weighted by molar-refractivity contribution is 0.0669. The second kappa shape index (κ2) is 5.34. The number of amides is 1. The molecule has 1 unspecified atom stereocenters. The summed E-state index contributed by atoms with van der Waals surface area (Å²) in [6, 6.07) is 0. The van der Waals surface area contributed by atoms with Gasteiger partial charge in [0.2, 0.25) is 0 Å². The van der Waals surface area contributed by atoms with Crippen LogP contribution >= 0.6 is 15.9 Å². The summed E-state index contributed by atoms with van der Waals surface area (Å²) in [7, 11) is 0. The van der Waals surface area contributed by atoms with Gasteiger partial charge in [-0.3, -0.25) is 0 Å². The molecule has 3 nitrogen and oxygen atoms in total. The monoisotopic (exact) mass is 267 g/mol. The van der Waals surface area contributed by atoms with Crippen LogP contribution in [0.2, 0.25) is 0 Å². The predicted octanol–water partition coefficient (Wildman–Crippen LogP) is 2.74. The lowest BCUT2D eigenvalue weighted by Gasteiger charge is -2.27. The largest absolute Gasteiger partial charge is 0.441 e. The molecule has 0 aliphatic heterocycles. The van der Waals surface area contributed by atoms with Gasteiger partial charge in [-0.05, 0) is 6.08 Å². The number of primary amides is 1. The first-order chi connectivity index (χ1) is 6.27. The zero-order chi connectivity index (χ0) is 11.4. The molecule has 5 heteroatoms. The molecule has 0 saturated carbocycles. The van der Waals surface area contributed by atoms with E-state index in [9.17, 15) is 9.18 Å². The minimum absolute atomic E-state index is 0.0989. The van der Waals surface area contributed by atoms with Crippen LogP contribution in [0, 0.1) is 5.41 Å². The Hall–Kier alpha value is -0.580. The van der Waals surface area contributed by atoms with E-state index in [0.717, 1.165) is 0 Å². The number of hydrogen-bond acceptors (Lipinski definition) is 2. The third kappa shape index (κ3) is 5.21. The highest BCUT2D eigenvalue weighted by molar-refractivity contribution is 9.09. The number of carbonyl (C=O) groups is 1. The highest BCUT2D eigenvalue weighted by Gasteiger charge is 2.26. The normalized spacial score (nSPS) is 15.1. The summed E-state index contributed by atoms with van der Waals surface area (Å²) < 4.78 is 17.7. The average Bonchev–Trinajstić information content (AvgIpc) is 2.00. The van der Waals surface area contributed by atoms with Crippen LogP contribution in [0.4, 0.5) is 9.18 Å². The highest BCUT2D eigenvalue weighted by atomic mass is 79.9. The summed E-state index contributed by atoms with van der Waals surface area (Å²) in [5.41, 5.74) is 4.50. The van der Waals surface area contributed by atoms with E-state index in [4.69, 9.17) is 10.5 Å². The Labute approximate surface area is 91.6 Å². The van der Waals surface area contributed by atoms with Crippen molar-refractivity contribution in [2.24, 2.45) is 11.1 Å². The van der Waals surface area contributed by atoms with Crippen molar-refractivity contribution in [3.05, 3.63) is 11.9 Å².